The molecule has 0 aromatic heterocycles. The van der Waals surface area contributed by atoms with Gasteiger partial charge in [-0.3, -0.25) is 0 Å². The number of ether oxygens (including phenoxy) is 1. The van der Waals surface area contributed by atoms with E-state index < -0.39 is 0 Å². The highest BCUT2D eigenvalue weighted by molar-refractivity contribution is 5.68. The third kappa shape index (κ3) is 3.02. The van der Waals surface area contributed by atoms with Gasteiger partial charge in [0.05, 0.1) is 18.5 Å². The van der Waals surface area contributed by atoms with Crippen LogP contribution in [0.1, 0.15) is 24.1 Å². The van der Waals surface area contributed by atoms with E-state index in [9.17, 15) is 4.39 Å². The van der Waals surface area contributed by atoms with Crippen molar-refractivity contribution in [2.24, 2.45) is 0 Å². The number of nitrogens with one attached hydrogen (secondary N) is 1. The summed E-state index contributed by atoms with van der Waals surface area (Å²) in [7, 11) is 1.60. The van der Waals surface area contributed by atoms with Crippen molar-refractivity contribution in [3.8, 4) is 5.75 Å². The maximum atomic E-state index is 13.6. The van der Waals surface area contributed by atoms with Gasteiger partial charge in [-0.15, -0.1) is 0 Å². The van der Waals surface area contributed by atoms with Crippen LogP contribution in [0.5, 0.6) is 5.75 Å². The van der Waals surface area contributed by atoms with Gasteiger partial charge in [0.25, 0.3) is 0 Å². The smallest absolute Gasteiger partial charge is 0.126 e. The number of nitrogen functional groups attached to an aromatic ring is 1. The Morgan fingerprint density at radius 1 is 1.20 bits per heavy atom. The predicted molar refractivity (Wildman–Crippen MR) is 80.6 cm³/mol. The SMILES string of the molecule is COc1ccc(NC(C)c2ccc(C)c(F)c2)c(N)c1. The Morgan fingerprint density at radius 3 is 2.55 bits per heavy atom. The highest BCUT2D eigenvalue weighted by atomic mass is 19.1. The number of aryl methyl sites for hydroxylation is 1. The number of nitrogens with two attached hydrogens (primary N) is 1. The van der Waals surface area contributed by atoms with Crippen LogP contribution >= 0.6 is 0 Å². The van der Waals surface area contributed by atoms with Gasteiger partial charge in [-0.05, 0) is 43.2 Å². The summed E-state index contributed by atoms with van der Waals surface area (Å²) >= 11 is 0. The fourth-order valence-corrected chi connectivity index (χ4v) is 1.99. The molecule has 2 aromatic rings. The Kier molecular flexibility index (Phi) is 4.13. The molecule has 106 valence electrons. The van der Waals surface area contributed by atoms with Crippen molar-refractivity contribution in [2.45, 2.75) is 19.9 Å². The molecule has 0 saturated carbocycles. The van der Waals surface area contributed by atoms with Crippen LogP contribution in [0.25, 0.3) is 0 Å². The lowest BCUT2D eigenvalue weighted by Gasteiger charge is -2.18. The molecule has 0 aliphatic rings. The van der Waals surface area contributed by atoms with E-state index in [0.29, 0.717) is 17.0 Å². The number of methoxy groups -OCH3 is 1. The Hall–Kier alpha value is -2.23. The van der Waals surface area contributed by atoms with Crippen molar-refractivity contribution in [3.63, 3.8) is 0 Å². The molecule has 3 nitrogen and oxygen atoms in total. The van der Waals surface area contributed by atoms with Gasteiger partial charge in [-0.25, -0.2) is 4.39 Å². The van der Waals surface area contributed by atoms with Gasteiger partial charge in [-0.1, -0.05) is 12.1 Å². The van der Waals surface area contributed by atoms with E-state index in [4.69, 9.17) is 10.5 Å². The van der Waals surface area contributed by atoms with Gasteiger partial charge >= 0.3 is 0 Å². The lowest BCUT2D eigenvalue weighted by atomic mass is 10.1. The van der Waals surface area contributed by atoms with Crippen LogP contribution < -0.4 is 15.8 Å². The van der Waals surface area contributed by atoms with E-state index in [1.807, 2.05) is 25.1 Å². The van der Waals surface area contributed by atoms with Gasteiger partial charge in [-0.2, -0.15) is 0 Å². The molecule has 1 unspecified atom stereocenters. The lowest BCUT2D eigenvalue weighted by Crippen LogP contribution is -2.09. The van der Waals surface area contributed by atoms with E-state index >= 15 is 0 Å². The largest absolute Gasteiger partial charge is 0.497 e. The molecular weight excluding hydrogens is 255 g/mol. The van der Waals surface area contributed by atoms with E-state index in [1.54, 1.807) is 32.2 Å². The molecule has 0 aliphatic carbocycles. The topological polar surface area (TPSA) is 47.3 Å². The molecule has 2 rings (SSSR count). The van der Waals surface area contributed by atoms with E-state index in [-0.39, 0.29) is 11.9 Å². The molecule has 4 heteroatoms. The number of halogens is 1. The van der Waals surface area contributed by atoms with Crippen molar-refractivity contribution in [2.75, 3.05) is 18.2 Å². The van der Waals surface area contributed by atoms with E-state index in [0.717, 1.165) is 11.3 Å². The fraction of sp³-hybridized carbons (Fsp3) is 0.250. The second-order valence-electron chi connectivity index (χ2n) is 4.83. The minimum Gasteiger partial charge on any atom is -0.497 e. The zero-order valence-corrected chi connectivity index (χ0v) is 11.9. The van der Waals surface area contributed by atoms with Crippen molar-refractivity contribution in [1.82, 2.24) is 0 Å². The van der Waals surface area contributed by atoms with Crippen LogP contribution in [0.4, 0.5) is 15.8 Å². The molecule has 0 aliphatic heterocycles. The van der Waals surface area contributed by atoms with Crippen LogP contribution in [0.3, 0.4) is 0 Å². The second kappa shape index (κ2) is 5.82. The molecule has 0 radical (unpaired) electrons. The maximum absolute atomic E-state index is 13.6. The molecule has 0 heterocycles. The third-order valence-electron chi connectivity index (χ3n) is 3.33. The number of rotatable bonds is 4. The van der Waals surface area contributed by atoms with Crippen LogP contribution in [0, 0.1) is 12.7 Å². The van der Waals surface area contributed by atoms with Crippen molar-refractivity contribution in [3.05, 3.63) is 53.3 Å². The zero-order chi connectivity index (χ0) is 14.7. The summed E-state index contributed by atoms with van der Waals surface area (Å²) in [6, 6.07) is 10.6. The van der Waals surface area contributed by atoms with E-state index in [1.165, 1.54) is 0 Å². The zero-order valence-electron chi connectivity index (χ0n) is 11.9. The van der Waals surface area contributed by atoms with Crippen LogP contribution in [0.15, 0.2) is 36.4 Å². The summed E-state index contributed by atoms with van der Waals surface area (Å²) < 4.78 is 18.7. The number of benzene rings is 2. The first-order valence-electron chi connectivity index (χ1n) is 6.47. The first-order valence-corrected chi connectivity index (χ1v) is 6.47. The first kappa shape index (κ1) is 14.2. The number of hydrogen-bond donors (Lipinski definition) is 2. The highest BCUT2D eigenvalue weighted by Crippen LogP contribution is 2.28. The normalized spacial score (nSPS) is 12.0. The molecule has 0 spiro atoms. The second-order valence-corrected chi connectivity index (χ2v) is 4.83. The standard InChI is InChI=1S/C16H19FN2O/c1-10-4-5-12(8-14(10)17)11(2)19-16-7-6-13(20-3)9-15(16)18/h4-9,11,19H,18H2,1-3H3. The Morgan fingerprint density at radius 2 is 1.95 bits per heavy atom. The van der Waals surface area contributed by atoms with Crippen molar-refractivity contribution < 1.29 is 9.13 Å². The Bertz CT molecular complexity index is 613. The van der Waals surface area contributed by atoms with Crippen molar-refractivity contribution in [1.29, 1.82) is 0 Å². The Labute approximate surface area is 118 Å². The fourth-order valence-electron chi connectivity index (χ4n) is 1.99. The molecular formula is C16H19FN2O. The molecule has 2 aromatic carbocycles. The molecule has 0 amide bonds. The van der Waals surface area contributed by atoms with E-state index in [2.05, 4.69) is 5.32 Å². The Balaban J connectivity index is 2.18. The molecule has 1 atom stereocenters. The molecule has 0 saturated heterocycles. The monoisotopic (exact) mass is 274 g/mol. The molecule has 3 N–H and O–H groups in total. The maximum Gasteiger partial charge on any atom is 0.126 e. The average Bonchev–Trinajstić information content (AvgIpc) is 2.43. The number of hydrogen-bond acceptors (Lipinski definition) is 3. The van der Waals surface area contributed by atoms with Gasteiger partial charge in [0.2, 0.25) is 0 Å². The third-order valence-corrected chi connectivity index (χ3v) is 3.33. The minimum atomic E-state index is -0.196. The summed E-state index contributed by atoms with van der Waals surface area (Å²) in [6.07, 6.45) is 0. The highest BCUT2D eigenvalue weighted by Gasteiger charge is 2.09. The summed E-state index contributed by atoms with van der Waals surface area (Å²) in [5.41, 5.74) is 8.89. The van der Waals surface area contributed by atoms with Crippen LogP contribution in [-0.4, -0.2) is 7.11 Å². The average molecular weight is 274 g/mol. The predicted octanol–water partition coefficient (Wildman–Crippen LogP) is 3.90. The van der Waals surface area contributed by atoms with Crippen LogP contribution in [0.2, 0.25) is 0 Å². The number of anilines is 2. The summed E-state index contributed by atoms with van der Waals surface area (Å²) in [5.74, 6) is 0.515. The minimum absolute atomic E-state index is 0.0409. The van der Waals surface area contributed by atoms with Gasteiger partial charge in [0.1, 0.15) is 11.6 Å². The van der Waals surface area contributed by atoms with Crippen LogP contribution in [-0.2, 0) is 0 Å². The quantitative estimate of drug-likeness (QED) is 0.831. The molecule has 0 fully saturated rings. The van der Waals surface area contributed by atoms with Crippen molar-refractivity contribution >= 4 is 11.4 Å². The molecule has 0 bridgehead atoms. The van der Waals surface area contributed by atoms with Gasteiger partial charge in [0, 0.05) is 12.1 Å². The summed E-state index contributed by atoms with van der Waals surface area (Å²) in [5, 5.41) is 3.28. The lowest BCUT2D eigenvalue weighted by molar-refractivity contribution is 0.415. The summed E-state index contributed by atoms with van der Waals surface area (Å²) in [4.78, 5) is 0. The van der Waals surface area contributed by atoms with Gasteiger partial charge < -0.3 is 15.8 Å². The summed E-state index contributed by atoms with van der Waals surface area (Å²) in [6.45, 7) is 3.71. The first-order chi connectivity index (χ1) is 9.51. The van der Waals surface area contributed by atoms with Gasteiger partial charge in [0.15, 0.2) is 0 Å². The molecule has 20 heavy (non-hydrogen) atoms.